The Morgan fingerprint density at radius 1 is 1.33 bits per heavy atom. The second-order valence-corrected chi connectivity index (χ2v) is 3.42. The van der Waals surface area contributed by atoms with E-state index in [1.54, 1.807) is 0 Å². The van der Waals surface area contributed by atoms with Crippen LogP contribution in [0.2, 0.25) is 0 Å². The van der Waals surface area contributed by atoms with Crippen molar-refractivity contribution in [2.24, 2.45) is 0 Å². The standard InChI is InChI=1S/C12H16O3/c1-9-10(2)12(15-8-7-14)4-3-11(9)5-6-13/h3-4,7,13H,5-6,8H2,1-2H3. The number of ether oxygens (including phenoxy) is 1. The van der Waals surface area contributed by atoms with Crippen molar-refractivity contribution in [3.8, 4) is 5.75 Å². The van der Waals surface area contributed by atoms with Crippen LogP contribution >= 0.6 is 0 Å². The predicted molar refractivity (Wildman–Crippen MR) is 58.3 cm³/mol. The molecule has 82 valence electrons. The maximum Gasteiger partial charge on any atom is 0.157 e. The summed E-state index contributed by atoms with van der Waals surface area (Å²) in [7, 11) is 0. The lowest BCUT2D eigenvalue weighted by Crippen LogP contribution is -2.02. The van der Waals surface area contributed by atoms with Crippen molar-refractivity contribution in [3.63, 3.8) is 0 Å². The van der Waals surface area contributed by atoms with Crippen LogP contribution in [0.4, 0.5) is 0 Å². The third-order valence-corrected chi connectivity index (χ3v) is 2.54. The number of rotatable bonds is 5. The fraction of sp³-hybridized carbons (Fsp3) is 0.417. The van der Waals surface area contributed by atoms with E-state index in [1.165, 1.54) is 0 Å². The summed E-state index contributed by atoms with van der Waals surface area (Å²) in [6.45, 7) is 4.18. The molecule has 0 radical (unpaired) electrons. The van der Waals surface area contributed by atoms with Gasteiger partial charge in [0.25, 0.3) is 0 Å². The Morgan fingerprint density at radius 2 is 2.07 bits per heavy atom. The average Bonchev–Trinajstić information content (AvgIpc) is 2.24. The van der Waals surface area contributed by atoms with Gasteiger partial charge in [0.2, 0.25) is 0 Å². The van der Waals surface area contributed by atoms with Crippen LogP contribution < -0.4 is 4.74 Å². The third-order valence-electron chi connectivity index (χ3n) is 2.54. The van der Waals surface area contributed by atoms with E-state index in [-0.39, 0.29) is 13.2 Å². The maximum atomic E-state index is 10.2. The molecule has 0 bridgehead atoms. The molecular weight excluding hydrogens is 192 g/mol. The molecule has 0 amide bonds. The molecule has 0 aliphatic heterocycles. The number of carbonyl (C=O) groups excluding carboxylic acids is 1. The summed E-state index contributed by atoms with van der Waals surface area (Å²) in [5.41, 5.74) is 3.27. The largest absolute Gasteiger partial charge is 0.486 e. The van der Waals surface area contributed by atoms with E-state index in [0.29, 0.717) is 6.42 Å². The SMILES string of the molecule is Cc1c(CCO)ccc(OCC=O)c1C. The van der Waals surface area contributed by atoms with Gasteiger partial charge in [0.05, 0.1) is 0 Å². The third kappa shape index (κ3) is 2.80. The normalized spacial score (nSPS) is 10.1. The number of aliphatic hydroxyl groups excluding tert-OH is 1. The molecule has 0 aromatic heterocycles. The van der Waals surface area contributed by atoms with Crippen LogP contribution in [0.1, 0.15) is 16.7 Å². The van der Waals surface area contributed by atoms with E-state index in [9.17, 15) is 4.79 Å². The zero-order valence-electron chi connectivity index (χ0n) is 9.12. The Kier molecular flexibility index (Phi) is 4.31. The summed E-state index contributed by atoms with van der Waals surface area (Å²) in [4.78, 5) is 10.2. The predicted octanol–water partition coefficient (Wildman–Crippen LogP) is 1.42. The summed E-state index contributed by atoms with van der Waals surface area (Å²) < 4.78 is 5.27. The molecule has 3 heteroatoms. The van der Waals surface area contributed by atoms with Crippen LogP contribution in [0.15, 0.2) is 12.1 Å². The first-order valence-electron chi connectivity index (χ1n) is 4.97. The topological polar surface area (TPSA) is 46.5 Å². The van der Waals surface area contributed by atoms with Crippen molar-refractivity contribution in [1.82, 2.24) is 0 Å². The summed E-state index contributed by atoms with van der Waals surface area (Å²) in [6.07, 6.45) is 1.39. The van der Waals surface area contributed by atoms with Crippen LogP contribution in [0.3, 0.4) is 0 Å². The summed E-state index contributed by atoms with van der Waals surface area (Å²) in [5.74, 6) is 0.737. The van der Waals surface area contributed by atoms with Crippen LogP contribution in [-0.4, -0.2) is 24.6 Å². The smallest absolute Gasteiger partial charge is 0.157 e. The number of carbonyl (C=O) groups is 1. The molecule has 1 rings (SSSR count). The van der Waals surface area contributed by atoms with Gasteiger partial charge >= 0.3 is 0 Å². The molecule has 0 spiro atoms. The molecule has 1 aromatic carbocycles. The van der Waals surface area contributed by atoms with E-state index in [2.05, 4.69) is 0 Å². The first kappa shape index (κ1) is 11.7. The Balaban J connectivity index is 2.93. The highest BCUT2D eigenvalue weighted by atomic mass is 16.5. The van der Waals surface area contributed by atoms with Crippen molar-refractivity contribution in [3.05, 3.63) is 28.8 Å². The van der Waals surface area contributed by atoms with Crippen molar-refractivity contribution in [1.29, 1.82) is 0 Å². The molecule has 0 saturated carbocycles. The highest BCUT2D eigenvalue weighted by Gasteiger charge is 2.06. The first-order valence-corrected chi connectivity index (χ1v) is 4.97. The van der Waals surface area contributed by atoms with Crippen molar-refractivity contribution >= 4 is 6.29 Å². The second-order valence-electron chi connectivity index (χ2n) is 3.42. The fourth-order valence-corrected chi connectivity index (χ4v) is 1.52. The Labute approximate surface area is 89.7 Å². The first-order chi connectivity index (χ1) is 7.20. The van der Waals surface area contributed by atoms with E-state index < -0.39 is 0 Å². The molecule has 0 saturated heterocycles. The van der Waals surface area contributed by atoms with Gasteiger partial charge in [-0.1, -0.05) is 6.07 Å². The van der Waals surface area contributed by atoms with Gasteiger partial charge in [-0.3, -0.25) is 4.79 Å². The monoisotopic (exact) mass is 208 g/mol. The van der Waals surface area contributed by atoms with E-state index in [4.69, 9.17) is 9.84 Å². The number of aldehydes is 1. The van der Waals surface area contributed by atoms with Gasteiger partial charge in [0, 0.05) is 6.61 Å². The number of aliphatic hydroxyl groups is 1. The lowest BCUT2D eigenvalue weighted by molar-refractivity contribution is -0.109. The molecule has 15 heavy (non-hydrogen) atoms. The quantitative estimate of drug-likeness (QED) is 0.744. The lowest BCUT2D eigenvalue weighted by Gasteiger charge is -2.12. The van der Waals surface area contributed by atoms with Gasteiger partial charge in [-0.25, -0.2) is 0 Å². The van der Waals surface area contributed by atoms with E-state index in [0.717, 1.165) is 28.7 Å². The minimum Gasteiger partial charge on any atom is -0.486 e. The minimum absolute atomic E-state index is 0.0830. The zero-order chi connectivity index (χ0) is 11.3. The van der Waals surface area contributed by atoms with Gasteiger partial charge in [0.15, 0.2) is 6.29 Å². The fourth-order valence-electron chi connectivity index (χ4n) is 1.52. The molecule has 1 N–H and O–H groups in total. The lowest BCUT2D eigenvalue weighted by atomic mass is 10.0. The Bertz CT molecular complexity index is 345. The molecular formula is C12H16O3. The highest BCUT2D eigenvalue weighted by molar-refractivity contribution is 5.52. The maximum absolute atomic E-state index is 10.2. The molecule has 0 atom stereocenters. The van der Waals surface area contributed by atoms with Crippen molar-refractivity contribution in [2.45, 2.75) is 20.3 Å². The molecule has 0 heterocycles. The molecule has 0 aliphatic carbocycles. The summed E-state index contributed by atoms with van der Waals surface area (Å²) in [6, 6.07) is 3.77. The van der Waals surface area contributed by atoms with Crippen molar-refractivity contribution in [2.75, 3.05) is 13.2 Å². The van der Waals surface area contributed by atoms with Crippen molar-refractivity contribution < 1.29 is 14.6 Å². The van der Waals surface area contributed by atoms with E-state index in [1.807, 2.05) is 26.0 Å². The number of benzene rings is 1. The van der Waals surface area contributed by atoms with Crippen LogP contribution in [-0.2, 0) is 11.2 Å². The van der Waals surface area contributed by atoms with Gasteiger partial charge < -0.3 is 9.84 Å². The van der Waals surface area contributed by atoms with Gasteiger partial charge in [-0.15, -0.1) is 0 Å². The number of hydrogen-bond donors (Lipinski definition) is 1. The summed E-state index contributed by atoms with van der Waals surface area (Å²) in [5, 5.41) is 8.87. The molecule has 1 aromatic rings. The van der Waals surface area contributed by atoms with Crippen LogP contribution in [0.5, 0.6) is 5.75 Å². The molecule has 0 aliphatic rings. The molecule has 0 unspecified atom stereocenters. The van der Waals surface area contributed by atoms with Crippen LogP contribution in [0, 0.1) is 13.8 Å². The zero-order valence-corrected chi connectivity index (χ0v) is 9.12. The molecule has 3 nitrogen and oxygen atoms in total. The average molecular weight is 208 g/mol. The van der Waals surface area contributed by atoms with Crippen LogP contribution in [0.25, 0.3) is 0 Å². The van der Waals surface area contributed by atoms with Gasteiger partial charge in [0.1, 0.15) is 12.4 Å². The van der Waals surface area contributed by atoms with Gasteiger partial charge in [-0.05, 0) is 43.0 Å². The van der Waals surface area contributed by atoms with Gasteiger partial charge in [-0.2, -0.15) is 0 Å². The van der Waals surface area contributed by atoms with E-state index >= 15 is 0 Å². The second kappa shape index (κ2) is 5.51. The summed E-state index contributed by atoms with van der Waals surface area (Å²) >= 11 is 0. The Morgan fingerprint density at radius 3 is 2.67 bits per heavy atom. The Hall–Kier alpha value is -1.35. The minimum atomic E-state index is 0.0830. The number of hydrogen-bond acceptors (Lipinski definition) is 3. The molecule has 0 fully saturated rings. The highest BCUT2D eigenvalue weighted by Crippen LogP contribution is 2.24.